The highest BCUT2D eigenvalue weighted by atomic mass is 19.4. The first-order valence-electron chi connectivity index (χ1n) is 9.92. The van der Waals surface area contributed by atoms with Crippen LogP contribution in [-0.2, 0) is 15.8 Å². The second-order valence-corrected chi connectivity index (χ2v) is 7.45. The van der Waals surface area contributed by atoms with Crippen molar-refractivity contribution in [2.45, 2.75) is 32.0 Å². The first kappa shape index (κ1) is 21.5. The van der Waals surface area contributed by atoms with Crippen molar-refractivity contribution < 1.29 is 22.8 Å². The van der Waals surface area contributed by atoms with Crippen molar-refractivity contribution in [3.8, 4) is 0 Å². The van der Waals surface area contributed by atoms with Gasteiger partial charge in [0.15, 0.2) is 11.8 Å². The number of aromatic nitrogens is 1. The zero-order chi connectivity index (χ0) is 22.9. The van der Waals surface area contributed by atoms with Gasteiger partial charge in [0, 0.05) is 18.2 Å². The summed E-state index contributed by atoms with van der Waals surface area (Å²) in [6.45, 7) is 1.81. The van der Waals surface area contributed by atoms with E-state index in [9.17, 15) is 22.8 Å². The number of carbonyl (C=O) groups excluding carboxylic acids is 2. The number of nitrogens with zero attached hydrogens (tertiary/aromatic N) is 3. The molecule has 6 nitrogen and oxygen atoms in total. The molecule has 164 valence electrons. The molecule has 0 aliphatic carbocycles. The molecule has 1 aromatic carbocycles. The van der Waals surface area contributed by atoms with Gasteiger partial charge in [-0.15, -0.1) is 0 Å². The lowest BCUT2D eigenvalue weighted by molar-refractivity contribution is -0.138. The summed E-state index contributed by atoms with van der Waals surface area (Å²) in [5.41, 5.74) is 0.372. The largest absolute Gasteiger partial charge is 0.417 e. The molecule has 2 aromatic rings. The highest BCUT2D eigenvalue weighted by Crippen LogP contribution is 2.34. The van der Waals surface area contributed by atoms with Crippen LogP contribution in [0.25, 0.3) is 0 Å². The zero-order valence-corrected chi connectivity index (χ0v) is 17.1. The molecule has 1 atom stereocenters. The number of amides is 1. The predicted octanol–water partition coefficient (Wildman–Crippen LogP) is 4.32. The maximum absolute atomic E-state index is 13.5. The normalized spacial score (nSPS) is 18.8. The van der Waals surface area contributed by atoms with Crippen LogP contribution in [0, 0.1) is 0 Å². The minimum atomic E-state index is -4.58. The minimum Gasteiger partial charge on any atom is -0.308 e. The van der Waals surface area contributed by atoms with E-state index in [4.69, 9.17) is 0 Å². The summed E-state index contributed by atoms with van der Waals surface area (Å²) in [5, 5.41) is 8.18. The molecule has 1 aromatic heterocycles. The van der Waals surface area contributed by atoms with Gasteiger partial charge in [-0.3, -0.25) is 9.59 Å². The highest BCUT2D eigenvalue weighted by molar-refractivity contribution is 6.13. The van der Waals surface area contributed by atoms with E-state index in [2.05, 4.69) is 15.4 Å². The van der Waals surface area contributed by atoms with Crippen molar-refractivity contribution in [3.05, 3.63) is 83.2 Å². The van der Waals surface area contributed by atoms with Gasteiger partial charge in [0.05, 0.1) is 17.0 Å². The summed E-state index contributed by atoms with van der Waals surface area (Å²) in [6.07, 6.45) is 0.529. The summed E-state index contributed by atoms with van der Waals surface area (Å²) >= 11 is 0. The van der Waals surface area contributed by atoms with Crippen LogP contribution in [0.2, 0.25) is 0 Å². The van der Waals surface area contributed by atoms with Crippen molar-refractivity contribution in [3.63, 3.8) is 0 Å². The average Bonchev–Trinajstić information content (AvgIpc) is 2.89. The number of benzene rings is 1. The van der Waals surface area contributed by atoms with Gasteiger partial charge in [0.25, 0.3) is 5.91 Å². The standard InChI is InChI=1S/C23H19F3N4O2/c1-14-9-12-19(31)21(22(32)28-20-8-4-5-13-27-20)30-18(14)11-10-17(29-30)15-6-2-3-7-16(15)23(24,25)26/h2-8,10-11,13,21H,9,12H2,1H3,(H,27,28,32). The van der Waals surface area contributed by atoms with E-state index in [0.717, 1.165) is 11.6 Å². The number of anilines is 1. The molecule has 0 bridgehead atoms. The fourth-order valence-electron chi connectivity index (χ4n) is 3.67. The molecule has 0 radical (unpaired) electrons. The molecule has 1 unspecified atom stereocenters. The van der Waals surface area contributed by atoms with Crippen molar-refractivity contribution >= 4 is 23.2 Å². The number of carbonyl (C=O) groups is 2. The first-order valence-corrected chi connectivity index (χ1v) is 9.92. The number of hydrogen-bond donors (Lipinski definition) is 1. The molecule has 2 aliphatic rings. The Morgan fingerprint density at radius 1 is 1.09 bits per heavy atom. The Balaban J connectivity index is 1.77. The van der Waals surface area contributed by atoms with E-state index < -0.39 is 23.7 Å². The summed E-state index contributed by atoms with van der Waals surface area (Å²) in [6, 6.07) is 8.68. The van der Waals surface area contributed by atoms with Gasteiger partial charge < -0.3 is 5.32 Å². The summed E-state index contributed by atoms with van der Waals surface area (Å²) in [7, 11) is 0. The quantitative estimate of drug-likeness (QED) is 0.722. The van der Waals surface area contributed by atoms with E-state index in [1.165, 1.54) is 35.5 Å². The Labute approximate surface area is 182 Å². The van der Waals surface area contributed by atoms with E-state index in [1.54, 1.807) is 24.3 Å². The second-order valence-electron chi connectivity index (χ2n) is 7.45. The Hall–Kier alpha value is -3.75. The first-order chi connectivity index (χ1) is 15.3. The molecule has 1 amide bonds. The molecule has 2 aliphatic heterocycles. The van der Waals surface area contributed by atoms with Crippen LogP contribution >= 0.6 is 0 Å². The van der Waals surface area contributed by atoms with Gasteiger partial charge in [0.1, 0.15) is 5.82 Å². The van der Waals surface area contributed by atoms with Crippen LogP contribution < -0.4 is 5.32 Å². The molecule has 0 saturated heterocycles. The molecule has 4 rings (SSSR count). The third-order valence-electron chi connectivity index (χ3n) is 5.27. The van der Waals surface area contributed by atoms with Crippen LogP contribution in [-0.4, -0.2) is 33.4 Å². The number of fused-ring (bicyclic) bond motifs is 1. The number of hydrazone groups is 1. The minimum absolute atomic E-state index is 0.0137. The van der Waals surface area contributed by atoms with Gasteiger partial charge in [-0.2, -0.15) is 18.3 Å². The van der Waals surface area contributed by atoms with Crippen molar-refractivity contribution in [1.29, 1.82) is 0 Å². The summed E-state index contributed by atoms with van der Waals surface area (Å²) < 4.78 is 40.6. The Kier molecular flexibility index (Phi) is 5.65. The molecular formula is C23H19F3N4O2. The molecular weight excluding hydrogens is 421 g/mol. The number of Topliss-reactive ketones (excluding diaryl/α,β-unsaturated/α-hetero) is 1. The predicted molar refractivity (Wildman–Crippen MR) is 113 cm³/mol. The number of alkyl halides is 3. The second kappa shape index (κ2) is 8.41. The number of nitrogens with one attached hydrogen (secondary N) is 1. The lowest BCUT2D eigenvalue weighted by Gasteiger charge is -2.30. The average molecular weight is 440 g/mol. The monoisotopic (exact) mass is 440 g/mol. The maximum Gasteiger partial charge on any atom is 0.417 e. The third-order valence-corrected chi connectivity index (χ3v) is 5.27. The van der Waals surface area contributed by atoms with Gasteiger partial charge in [-0.25, -0.2) is 9.99 Å². The molecule has 9 heteroatoms. The van der Waals surface area contributed by atoms with Crippen LogP contribution in [0.5, 0.6) is 0 Å². The van der Waals surface area contributed by atoms with Crippen LogP contribution in [0.4, 0.5) is 19.0 Å². The third kappa shape index (κ3) is 4.18. The highest BCUT2D eigenvalue weighted by Gasteiger charge is 2.39. The molecule has 3 heterocycles. The Morgan fingerprint density at radius 3 is 2.56 bits per heavy atom. The number of halogens is 3. The number of allylic oxidation sites excluding steroid dienone is 3. The van der Waals surface area contributed by atoms with E-state index in [0.29, 0.717) is 12.1 Å². The van der Waals surface area contributed by atoms with Crippen LogP contribution in [0.3, 0.4) is 0 Å². The van der Waals surface area contributed by atoms with E-state index in [-0.39, 0.29) is 29.3 Å². The van der Waals surface area contributed by atoms with Gasteiger partial charge in [-0.05, 0) is 49.3 Å². The van der Waals surface area contributed by atoms with Crippen molar-refractivity contribution in [2.75, 3.05) is 5.32 Å². The molecule has 0 spiro atoms. The number of rotatable bonds is 3. The molecule has 0 fully saturated rings. The number of ketones is 1. The topological polar surface area (TPSA) is 74.7 Å². The zero-order valence-electron chi connectivity index (χ0n) is 17.1. The smallest absolute Gasteiger partial charge is 0.308 e. The maximum atomic E-state index is 13.5. The van der Waals surface area contributed by atoms with Crippen molar-refractivity contribution in [1.82, 2.24) is 9.99 Å². The summed E-state index contributed by atoms with van der Waals surface area (Å²) in [5.74, 6) is -0.769. The Morgan fingerprint density at radius 2 is 1.84 bits per heavy atom. The fraction of sp³-hybridized carbons (Fsp3) is 0.217. The SMILES string of the molecule is CC1=C2C=CC(c3ccccc3C(F)(F)F)=NN2C(C(=O)Nc2ccccn2)C(=O)CC1. The van der Waals surface area contributed by atoms with Crippen LogP contribution in [0.1, 0.15) is 30.9 Å². The fourth-order valence-corrected chi connectivity index (χ4v) is 3.67. The number of pyridine rings is 1. The Bertz CT molecular complexity index is 1150. The van der Waals surface area contributed by atoms with E-state index in [1.807, 2.05) is 6.92 Å². The molecule has 32 heavy (non-hydrogen) atoms. The molecule has 0 saturated carbocycles. The van der Waals surface area contributed by atoms with Gasteiger partial charge in [-0.1, -0.05) is 24.3 Å². The number of hydrogen-bond acceptors (Lipinski definition) is 5. The van der Waals surface area contributed by atoms with Gasteiger partial charge in [0.2, 0.25) is 0 Å². The van der Waals surface area contributed by atoms with Crippen LogP contribution in [0.15, 0.2) is 77.2 Å². The van der Waals surface area contributed by atoms with Gasteiger partial charge >= 0.3 is 6.18 Å². The summed E-state index contributed by atoms with van der Waals surface area (Å²) in [4.78, 5) is 30.0. The lowest BCUT2D eigenvalue weighted by atomic mass is 10.0. The van der Waals surface area contributed by atoms with E-state index >= 15 is 0 Å². The van der Waals surface area contributed by atoms with Crippen molar-refractivity contribution in [2.24, 2.45) is 5.10 Å². The molecule has 1 N–H and O–H groups in total. The lowest BCUT2D eigenvalue weighted by Crippen LogP contribution is -2.46.